The van der Waals surface area contributed by atoms with Crippen molar-refractivity contribution in [3.63, 3.8) is 0 Å². The van der Waals surface area contributed by atoms with Gasteiger partial charge >= 0.3 is 0 Å². The van der Waals surface area contributed by atoms with Crippen molar-refractivity contribution in [2.24, 2.45) is 0 Å². The predicted octanol–water partition coefficient (Wildman–Crippen LogP) is 2.34. The number of ether oxygens (including phenoxy) is 1. The zero-order valence-electron chi connectivity index (χ0n) is 15.8. The summed E-state index contributed by atoms with van der Waals surface area (Å²) in [5, 5.41) is 2.75. The molecule has 0 aliphatic carbocycles. The van der Waals surface area contributed by atoms with E-state index in [0.717, 1.165) is 11.9 Å². The lowest BCUT2D eigenvalue weighted by atomic mass is 10.2. The normalized spacial score (nSPS) is 11.3. The van der Waals surface area contributed by atoms with Gasteiger partial charge in [-0.1, -0.05) is 18.2 Å². The molecule has 0 bridgehead atoms. The van der Waals surface area contributed by atoms with E-state index < -0.39 is 10.0 Å². The molecule has 2 aromatic rings. The Hall–Kier alpha value is -2.61. The van der Waals surface area contributed by atoms with Crippen LogP contribution in [0.1, 0.15) is 26.0 Å². The Kier molecular flexibility index (Phi) is 7.18. The van der Waals surface area contributed by atoms with Crippen molar-refractivity contribution < 1.29 is 17.9 Å². The predicted molar refractivity (Wildman–Crippen MR) is 105 cm³/mol. The molecule has 146 valence electrons. The Balaban J connectivity index is 2.07. The highest BCUT2D eigenvalue weighted by Crippen LogP contribution is 2.30. The number of sulfonamides is 1. The number of amides is 1. The SMILES string of the molecule is CC(C)Oc1ccccc1N(CCC(=O)NCc1ccccn1)S(C)(=O)=O. The molecule has 0 aliphatic rings. The van der Waals surface area contributed by atoms with Gasteiger partial charge in [-0.2, -0.15) is 0 Å². The van der Waals surface area contributed by atoms with Crippen LogP contribution in [0.15, 0.2) is 48.7 Å². The zero-order valence-corrected chi connectivity index (χ0v) is 16.6. The van der Waals surface area contributed by atoms with Gasteiger partial charge in [-0.3, -0.25) is 14.1 Å². The summed E-state index contributed by atoms with van der Waals surface area (Å²) in [6.45, 7) is 4.05. The molecule has 0 radical (unpaired) electrons. The molecule has 0 saturated heterocycles. The van der Waals surface area contributed by atoms with Crippen molar-refractivity contribution >= 4 is 21.6 Å². The molecular weight excluding hydrogens is 366 g/mol. The number of pyridine rings is 1. The molecule has 7 nitrogen and oxygen atoms in total. The number of hydrogen-bond acceptors (Lipinski definition) is 5. The number of nitrogens with one attached hydrogen (secondary N) is 1. The highest BCUT2D eigenvalue weighted by Gasteiger charge is 2.22. The van der Waals surface area contributed by atoms with Gasteiger partial charge in [-0.15, -0.1) is 0 Å². The molecule has 2 rings (SSSR count). The second-order valence-corrected chi connectivity index (χ2v) is 8.22. The fourth-order valence-corrected chi connectivity index (χ4v) is 3.40. The molecule has 1 N–H and O–H groups in total. The Bertz CT molecular complexity index is 854. The van der Waals surface area contributed by atoms with Crippen molar-refractivity contribution in [2.45, 2.75) is 32.9 Å². The minimum atomic E-state index is -3.58. The van der Waals surface area contributed by atoms with E-state index in [9.17, 15) is 13.2 Å². The van der Waals surface area contributed by atoms with Crippen molar-refractivity contribution in [1.29, 1.82) is 0 Å². The molecule has 0 fully saturated rings. The first-order valence-electron chi connectivity index (χ1n) is 8.67. The van der Waals surface area contributed by atoms with Gasteiger partial charge in [0.05, 0.1) is 30.3 Å². The maximum atomic E-state index is 12.3. The Morgan fingerprint density at radius 1 is 1.19 bits per heavy atom. The molecule has 27 heavy (non-hydrogen) atoms. The van der Waals surface area contributed by atoms with Crippen molar-refractivity contribution in [3.05, 3.63) is 54.4 Å². The average Bonchev–Trinajstić information content (AvgIpc) is 2.61. The van der Waals surface area contributed by atoms with E-state index in [1.54, 1.807) is 36.5 Å². The number of carbonyl (C=O) groups excluding carboxylic acids is 1. The molecule has 0 aliphatic heterocycles. The highest BCUT2D eigenvalue weighted by molar-refractivity contribution is 7.92. The van der Waals surface area contributed by atoms with Gasteiger partial charge in [0.1, 0.15) is 5.75 Å². The minimum absolute atomic E-state index is 0.0192. The standard InChI is InChI=1S/C19H25N3O4S/c1-15(2)26-18-10-5-4-9-17(18)22(27(3,24)25)13-11-19(23)21-14-16-8-6-7-12-20-16/h4-10,12,15H,11,13-14H2,1-3H3,(H,21,23). The van der Waals surface area contributed by atoms with Crippen LogP contribution in [0, 0.1) is 0 Å². The monoisotopic (exact) mass is 391 g/mol. The third kappa shape index (κ3) is 6.56. The quantitative estimate of drug-likeness (QED) is 0.709. The first-order valence-corrected chi connectivity index (χ1v) is 10.5. The van der Waals surface area contributed by atoms with Crippen LogP contribution in [-0.2, 0) is 21.4 Å². The first kappa shape index (κ1) is 20.7. The number of aromatic nitrogens is 1. The molecule has 0 atom stereocenters. The van der Waals surface area contributed by atoms with Gasteiger partial charge in [0, 0.05) is 19.2 Å². The van der Waals surface area contributed by atoms with Crippen LogP contribution in [-0.4, -0.2) is 38.2 Å². The third-order valence-electron chi connectivity index (χ3n) is 3.63. The summed E-state index contributed by atoms with van der Waals surface area (Å²) in [5.74, 6) is 0.211. The lowest BCUT2D eigenvalue weighted by Gasteiger charge is -2.25. The summed E-state index contributed by atoms with van der Waals surface area (Å²) in [7, 11) is -3.58. The first-order chi connectivity index (χ1) is 12.8. The third-order valence-corrected chi connectivity index (χ3v) is 4.81. The van der Waals surface area contributed by atoms with Gasteiger partial charge in [0.2, 0.25) is 15.9 Å². The molecule has 1 aromatic carbocycles. The van der Waals surface area contributed by atoms with Gasteiger partial charge in [0.25, 0.3) is 0 Å². The van der Waals surface area contributed by atoms with Gasteiger partial charge in [-0.05, 0) is 38.1 Å². The largest absolute Gasteiger partial charge is 0.489 e. The molecule has 8 heteroatoms. The Morgan fingerprint density at radius 2 is 1.89 bits per heavy atom. The van der Waals surface area contributed by atoms with Crippen LogP contribution in [0.2, 0.25) is 0 Å². The van der Waals surface area contributed by atoms with Crippen LogP contribution < -0.4 is 14.4 Å². The van der Waals surface area contributed by atoms with E-state index in [1.807, 2.05) is 26.0 Å². The van der Waals surface area contributed by atoms with E-state index in [4.69, 9.17) is 4.74 Å². The highest BCUT2D eigenvalue weighted by atomic mass is 32.2. The Morgan fingerprint density at radius 3 is 2.52 bits per heavy atom. The number of carbonyl (C=O) groups is 1. The van der Waals surface area contributed by atoms with Gasteiger partial charge < -0.3 is 10.1 Å². The van der Waals surface area contributed by atoms with E-state index in [1.165, 1.54) is 4.31 Å². The summed E-state index contributed by atoms with van der Waals surface area (Å²) < 4.78 is 31.5. The molecule has 1 amide bonds. The average molecular weight is 391 g/mol. The number of para-hydroxylation sites is 2. The van der Waals surface area contributed by atoms with Crippen molar-refractivity contribution in [3.8, 4) is 5.75 Å². The zero-order chi connectivity index (χ0) is 19.9. The van der Waals surface area contributed by atoms with E-state index in [0.29, 0.717) is 18.0 Å². The maximum absolute atomic E-state index is 12.3. The maximum Gasteiger partial charge on any atom is 0.232 e. The number of nitrogens with zero attached hydrogens (tertiary/aromatic N) is 2. The number of hydrogen-bond donors (Lipinski definition) is 1. The van der Waals surface area contributed by atoms with E-state index in [2.05, 4.69) is 10.3 Å². The molecular formula is C19H25N3O4S. The van der Waals surface area contributed by atoms with Crippen LogP contribution in [0.5, 0.6) is 5.75 Å². The van der Waals surface area contributed by atoms with E-state index >= 15 is 0 Å². The van der Waals surface area contributed by atoms with Crippen LogP contribution in [0.4, 0.5) is 5.69 Å². The topological polar surface area (TPSA) is 88.6 Å². The van der Waals surface area contributed by atoms with Crippen LogP contribution in [0.3, 0.4) is 0 Å². The summed E-state index contributed by atoms with van der Waals surface area (Å²) >= 11 is 0. The van der Waals surface area contributed by atoms with Crippen molar-refractivity contribution in [1.82, 2.24) is 10.3 Å². The summed E-state index contributed by atoms with van der Waals surface area (Å²) in [6.07, 6.45) is 2.69. The Labute approximate surface area is 160 Å². The summed E-state index contributed by atoms with van der Waals surface area (Å²) in [4.78, 5) is 16.3. The number of benzene rings is 1. The second-order valence-electron chi connectivity index (χ2n) is 6.32. The van der Waals surface area contributed by atoms with Crippen LogP contribution in [0.25, 0.3) is 0 Å². The molecule has 0 unspecified atom stereocenters. The molecule has 1 aromatic heterocycles. The minimum Gasteiger partial charge on any atom is -0.489 e. The summed E-state index contributed by atoms with van der Waals surface area (Å²) in [6, 6.07) is 12.3. The van der Waals surface area contributed by atoms with Crippen molar-refractivity contribution in [2.75, 3.05) is 17.1 Å². The smallest absolute Gasteiger partial charge is 0.232 e. The second kappa shape index (κ2) is 9.36. The summed E-state index contributed by atoms with van der Waals surface area (Å²) in [5.41, 5.74) is 1.16. The van der Waals surface area contributed by atoms with Gasteiger partial charge in [-0.25, -0.2) is 8.42 Å². The molecule has 1 heterocycles. The van der Waals surface area contributed by atoms with Gasteiger partial charge in [0.15, 0.2) is 0 Å². The van der Waals surface area contributed by atoms with Crippen LogP contribution >= 0.6 is 0 Å². The lowest BCUT2D eigenvalue weighted by molar-refractivity contribution is -0.121. The fraction of sp³-hybridized carbons (Fsp3) is 0.368. The number of rotatable bonds is 9. The van der Waals surface area contributed by atoms with E-state index in [-0.39, 0.29) is 25.0 Å². The molecule has 0 saturated carbocycles. The lowest BCUT2D eigenvalue weighted by Crippen LogP contribution is -2.35. The molecule has 0 spiro atoms. The fourth-order valence-electron chi connectivity index (χ4n) is 2.47. The number of anilines is 1.